The third kappa shape index (κ3) is 6.63. The Bertz CT molecular complexity index is 1020. The Morgan fingerprint density at radius 2 is 1.97 bits per heavy atom. The smallest absolute Gasteiger partial charge is 0.348 e. The summed E-state index contributed by atoms with van der Waals surface area (Å²) in [5.74, 6) is -1.19. The predicted octanol–water partition coefficient (Wildman–Crippen LogP) is 3.63. The fraction of sp³-hybridized carbons (Fsp3) is 0.333. The number of nitrogens with two attached hydrogens (primary N) is 1. The molecule has 8 nitrogen and oxygen atoms in total. The molecule has 0 fully saturated rings. The summed E-state index contributed by atoms with van der Waals surface area (Å²) in [5, 5.41) is 12.7. The van der Waals surface area contributed by atoms with Gasteiger partial charge in [-0.15, -0.1) is 11.3 Å². The summed E-state index contributed by atoms with van der Waals surface area (Å²) in [4.78, 5) is 37.6. The monoisotopic (exact) mass is 495 g/mol. The highest BCUT2D eigenvalue weighted by molar-refractivity contribution is 7.98. The number of carbonyl (C=O) groups excluding carboxylic acids is 3. The number of carbonyl (C=O) groups is 3. The van der Waals surface area contributed by atoms with Gasteiger partial charge in [0.25, 0.3) is 5.91 Å². The Morgan fingerprint density at radius 3 is 2.56 bits per heavy atom. The highest BCUT2D eigenvalue weighted by Gasteiger charge is 2.27. The van der Waals surface area contributed by atoms with E-state index in [9.17, 15) is 19.6 Å². The van der Waals surface area contributed by atoms with Crippen molar-refractivity contribution in [2.24, 2.45) is 0 Å². The molecule has 2 rings (SSSR count). The molecule has 1 atom stereocenters. The maximum Gasteiger partial charge on any atom is 0.348 e. The molecule has 0 spiro atoms. The van der Waals surface area contributed by atoms with Crippen LogP contribution in [0.2, 0.25) is 5.02 Å². The molecule has 0 saturated heterocycles. The zero-order chi connectivity index (χ0) is 23.7. The van der Waals surface area contributed by atoms with Gasteiger partial charge in [-0.3, -0.25) is 4.79 Å². The zero-order valence-corrected chi connectivity index (χ0v) is 19.9. The number of benzene rings is 1. The summed E-state index contributed by atoms with van der Waals surface area (Å²) in [5.41, 5.74) is 6.44. The average Bonchev–Trinajstić information content (AvgIpc) is 3.10. The minimum Gasteiger partial charge on any atom is -0.462 e. The summed E-state index contributed by atoms with van der Waals surface area (Å²) in [6.45, 7) is 1.45. The molecule has 3 N–H and O–H groups in total. The number of nitriles is 1. The Morgan fingerprint density at radius 1 is 1.28 bits per heavy atom. The molecule has 1 amide bonds. The predicted molar refractivity (Wildman–Crippen MR) is 125 cm³/mol. The summed E-state index contributed by atoms with van der Waals surface area (Å²) in [6.07, 6.45) is 2.21. The van der Waals surface area contributed by atoms with Crippen LogP contribution in [0.5, 0.6) is 0 Å². The molecule has 1 aromatic heterocycles. The van der Waals surface area contributed by atoms with Gasteiger partial charge < -0.3 is 20.5 Å². The molecule has 11 heteroatoms. The van der Waals surface area contributed by atoms with Crippen LogP contribution < -0.4 is 11.1 Å². The van der Waals surface area contributed by atoms with Crippen LogP contribution in [0, 0.1) is 11.3 Å². The molecule has 0 aliphatic heterocycles. The van der Waals surface area contributed by atoms with Gasteiger partial charge in [-0.1, -0.05) is 11.6 Å². The number of nitrogens with one attached hydrogen (secondary N) is 1. The van der Waals surface area contributed by atoms with Crippen LogP contribution in [0.1, 0.15) is 44.5 Å². The van der Waals surface area contributed by atoms with Crippen molar-refractivity contribution in [1.29, 1.82) is 5.26 Å². The van der Waals surface area contributed by atoms with E-state index in [1.807, 2.05) is 12.3 Å². The summed E-state index contributed by atoms with van der Waals surface area (Å²) in [7, 11) is 0. The van der Waals surface area contributed by atoms with Crippen LogP contribution in [-0.4, -0.2) is 42.5 Å². The quantitative estimate of drug-likeness (QED) is 0.477. The highest BCUT2D eigenvalue weighted by atomic mass is 35.5. The van der Waals surface area contributed by atoms with Gasteiger partial charge in [-0.2, -0.15) is 17.0 Å². The molecule has 1 heterocycles. The van der Waals surface area contributed by atoms with Crippen molar-refractivity contribution < 1.29 is 23.9 Å². The SMILES string of the molecule is CCOC(=O)c1sc(N)c(C#N)c1COC(=O)[C@H](CCSC)NC(=O)c1ccc(Cl)cc1. The summed E-state index contributed by atoms with van der Waals surface area (Å²) in [6, 6.07) is 7.26. The maximum atomic E-state index is 12.8. The molecule has 170 valence electrons. The molecule has 0 aliphatic carbocycles. The molecular weight excluding hydrogens is 474 g/mol. The molecule has 1 aromatic carbocycles. The van der Waals surface area contributed by atoms with Crippen molar-refractivity contribution >= 4 is 57.5 Å². The molecule has 0 bridgehead atoms. The Labute approximate surface area is 199 Å². The molecule has 0 unspecified atom stereocenters. The highest BCUT2D eigenvalue weighted by Crippen LogP contribution is 2.32. The third-order valence-corrected chi connectivity index (χ3v) is 6.21. The van der Waals surface area contributed by atoms with Crippen LogP contribution in [-0.2, 0) is 20.9 Å². The lowest BCUT2D eigenvalue weighted by Gasteiger charge is -2.17. The van der Waals surface area contributed by atoms with Crippen LogP contribution in [0.25, 0.3) is 0 Å². The molecule has 32 heavy (non-hydrogen) atoms. The summed E-state index contributed by atoms with van der Waals surface area (Å²) >= 11 is 8.26. The number of thiophene rings is 1. The number of anilines is 1. The number of thioether (sulfide) groups is 1. The van der Waals surface area contributed by atoms with Gasteiger partial charge in [0.15, 0.2) is 0 Å². The molecule has 0 radical (unpaired) electrons. The van der Waals surface area contributed by atoms with E-state index in [1.54, 1.807) is 31.2 Å². The number of rotatable bonds is 10. The van der Waals surface area contributed by atoms with Crippen molar-refractivity contribution in [3.8, 4) is 6.07 Å². The second-order valence-corrected chi connectivity index (χ2v) is 8.88. The lowest BCUT2D eigenvalue weighted by Crippen LogP contribution is -2.42. The number of ether oxygens (including phenoxy) is 2. The van der Waals surface area contributed by atoms with E-state index in [0.29, 0.717) is 22.8 Å². The molecule has 0 saturated carbocycles. The van der Waals surface area contributed by atoms with E-state index >= 15 is 0 Å². The number of amides is 1. The summed E-state index contributed by atoms with van der Waals surface area (Å²) < 4.78 is 10.4. The first kappa shape index (κ1) is 25.5. The van der Waals surface area contributed by atoms with Crippen LogP contribution in [0.15, 0.2) is 24.3 Å². The van der Waals surface area contributed by atoms with Crippen molar-refractivity contribution in [3.63, 3.8) is 0 Å². The van der Waals surface area contributed by atoms with Gasteiger partial charge in [0.1, 0.15) is 28.6 Å². The molecule has 0 aliphatic rings. The van der Waals surface area contributed by atoms with E-state index in [-0.39, 0.29) is 34.2 Å². The normalized spacial score (nSPS) is 11.3. The Hall–Kier alpha value is -2.74. The minimum atomic E-state index is -0.918. The zero-order valence-electron chi connectivity index (χ0n) is 17.5. The first-order chi connectivity index (χ1) is 15.3. The Balaban J connectivity index is 2.16. The first-order valence-electron chi connectivity index (χ1n) is 9.52. The van der Waals surface area contributed by atoms with E-state index in [0.717, 1.165) is 11.3 Å². The second kappa shape index (κ2) is 12.3. The molecule has 2 aromatic rings. The maximum absolute atomic E-state index is 12.8. The van der Waals surface area contributed by atoms with Gasteiger partial charge >= 0.3 is 11.9 Å². The van der Waals surface area contributed by atoms with Crippen LogP contribution in [0.4, 0.5) is 5.00 Å². The Kier molecular flexibility index (Phi) is 9.84. The van der Waals surface area contributed by atoms with Gasteiger partial charge in [0, 0.05) is 16.1 Å². The first-order valence-corrected chi connectivity index (χ1v) is 12.1. The van der Waals surface area contributed by atoms with Crippen molar-refractivity contribution in [2.45, 2.75) is 26.0 Å². The van der Waals surface area contributed by atoms with E-state index in [4.69, 9.17) is 26.8 Å². The fourth-order valence-electron chi connectivity index (χ4n) is 2.68. The van der Waals surface area contributed by atoms with Gasteiger partial charge in [0.2, 0.25) is 0 Å². The number of nitrogen functional groups attached to an aromatic ring is 1. The van der Waals surface area contributed by atoms with Crippen molar-refractivity contribution in [3.05, 3.63) is 50.9 Å². The molecular formula is C21H22ClN3O5S2. The number of esters is 2. The van der Waals surface area contributed by atoms with Crippen LogP contribution >= 0.6 is 34.7 Å². The van der Waals surface area contributed by atoms with E-state index in [2.05, 4.69) is 5.32 Å². The topological polar surface area (TPSA) is 132 Å². The fourth-order valence-corrected chi connectivity index (χ4v) is 4.19. The number of halogens is 1. The minimum absolute atomic E-state index is 0.0664. The van der Waals surface area contributed by atoms with Gasteiger partial charge in [0.05, 0.1) is 12.2 Å². The third-order valence-electron chi connectivity index (χ3n) is 4.27. The van der Waals surface area contributed by atoms with Crippen molar-refractivity contribution in [1.82, 2.24) is 5.32 Å². The van der Waals surface area contributed by atoms with E-state index in [1.165, 1.54) is 11.8 Å². The largest absolute Gasteiger partial charge is 0.462 e. The van der Waals surface area contributed by atoms with Crippen LogP contribution in [0.3, 0.4) is 0 Å². The average molecular weight is 496 g/mol. The van der Waals surface area contributed by atoms with Crippen molar-refractivity contribution in [2.75, 3.05) is 24.3 Å². The lowest BCUT2D eigenvalue weighted by atomic mass is 10.1. The number of nitrogens with zero attached hydrogens (tertiary/aromatic N) is 1. The van der Waals surface area contributed by atoms with E-state index < -0.39 is 23.9 Å². The lowest BCUT2D eigenvalue weighted by molar-refractivity contribution is -0.147. The number of hydrogen-bond donors (Lipinski definition) is 2. The standard InChI is InChI=1S/C21H22ClN3O5S2/c1-3-29-21(28)17-15(14(10-23)18(24)32-17)11-30-20(27)16(8-9-31-2)25-19(26)12-4-6-13(22)7-5-12/h4-7,16H,3,8-9,11,24H2,1-2H3,(H,25,26)/t16-/m0/s1. The van der Waals surface area contributed by atoms with Gasteiger partial charge in [-0.25, -0.2) is 9.59 Å². The second-order valence-electron chi connectivity index (χ2n) is 6.40. The number of hydrogen-bond acceptors (Lipinski definition) is 9. The van der Waals surface area contributed by atoms with Gasteiger partial charge in [-0.05, 0) is 49.6 Å².